The van der Waals surface area contributed by atoms with Gasteiger partial charge in [-0.25, -0.2) is 4.39 Å². The normalized spacial score (nSPS) is 22.9. The lowest BCUT2D eigenvalue weighted by Crippen LogP contribution is -2.69. The molecule has 0 heterocycles. The van der Waals surface area contributed by atoms with Crippen LogP contribution in [0.25, 0.3) is 0 Å². The van der Waals surface area contributed by atoms with Crippen molar-refractivity contribution in [3.8, 4) is 0 Å². The van der Waals surface area contributed by atoms with Gasteiger partial charge in [-0.1, -0.05) is 60.7 Å². The molecule has 0 unspecified atom stereocenters. The molecular weight excluding hydrogens is 371 g/mol. The molecule has 0 N–H and O–H groups in total. The first-order valence-corrected chi connectivity index (χ1v) is 10.4. The molecule has 0 amide bonds. The van der Waals surface area contributed by atoms with Crippen molar-refractivity contribution in [2.24, 2.45) is 11.8 Å². The highest BCUT2D eigenvalue weighted by atomic mass is 19.1. The maximum absolute atomic E-state index is 15.2. The first kappa shape index (κ1) is 21.9. The van der Waals surface area contributed by atoms with Crippen LogP contribution in [-0.2, 0) is 32.2 Å². The summed E-state index contributed by atoms with van der Waals surface area (Å²) in [7, 11) is 0. The van der Waals surface area contributed by atoms with Gasteiger partial charge >= 0.3 is 0 Å². The SMILES string of the molecule is CCOC1(OCC)[C@H](F)[C@H](COCc2ccccc2)[C@H]1COCc1ccccc1. The fourth-order valence-corrected chi connectivity index (χ4v) is 3.96. The molecule has 1 fully saturated rings. The van der Waals surface area contributed by atoms with Gasteiger partial charge in [0, 0.05) is 25.0 Å². The van der Waals surface area contributed by atoms with E-state index in [4.69, 9.17) is 18.9 Å². The number of halogens is 1. The van der Waals surface area contributed by atoms with Gasteiger partial charge in [0.25, 0.3) is 0 Å². The van der Waals surface area contributed by atoms with E-state index in [-0.39, 0.29) is 11.8 Å². The Hall–Kier alpha value is -1.79. The van der Waals surface area contributed by atoms with E-state index in [1.165, 1.54) is 0 Å². The van der Waals surface area contributed by atoms with E-state index in [2.05, 4.69) is 0 Å². The van der Waals surface area contributed by atoms with Crippen molar-refractivity contribution in [2.75, 3.05) is 26.4 Å². The van der Waals surface area contributed by atoms with Crippen LogP contribution in [0.3, 0.4) is 0 Å². The second-order valence-corrected chi connectivity index (χ2v) is 7.26. The summed E-state index contributed by atoms with van der Waals surface area (Å²) >= 11 is 0. The third kappa shape index (κ3) is 5.23. The third-order valence-electron chi connectivity index (χ3n) is 5.36. The Morgan fingerprint density at radius 3 is 1.72 bits per heavy atom. The van der Waals surface area contributed by atoms with Gasteiger partial charge in [-0.3, -0.25) is 0 Å². The van der Waals surface area contributed by atoms with Crippen LogP contribution in [0.5, 0.6) is 0 Å². The van der Waals surface area contributed by atoms with Crippen LogP contribution in [0.4, 0.5) is 4.39 Å². The second kappa shape index (κ2) is 10.8. The third-order valence-corrected chi connectivity index (χ3v) is 5.36. The molecule has 3 rings (SSSR count). The molecule has 2 aromatic rings. The van der Waals surface area contributed by atoms with Crippen LogP contribution in [0.15, 0.2) is 60.7 Å². The summed E-state index contributed by atoms with van der Waals surface area (Å²) in [5.41, 5.74) is 2.15. The van der Waals surface area contributed by atoms with Gasteiger partial charge < -0.3 is 18.9 Å². The van der Waals surface area contributed by atoms with Gasteiger partial charge in [-0.15, -0.1) is 0 Å². The standard InChI is InChI=1S/C24H31FO4/c1-3-28-24(29-4-2)22(18-27-16-20-13-9-6-10-14-20)21(23(24)25)17-26-15-19-11-7-5-8-12-19/h5-14,21-23H,3-4,15-18H2,1-2H3/t21-,22-,23-/m1/s1. The first-order chi connectivity index (χ1) is 14.2. The Kier molecular flexibility index (Phi) is 8.19. The van der Waals surface area contributed by atoms with Gasteiger partial charge in [0.15, 0.2) is 6.17 Å². The lowest BCUT2D eigenvalue weighted by Gasteiger charge is -2.55. The summed E-state index contributed by atoms with van der Waals surface area (Å²) in [6, 6.07) is 19.8. The Balaban J connectivity index is 1.61. The van der Waals surface area contributed by atoms with E-state index in [0.717, 1.165) is 11.1 Å². The number of alkyl halides is 1. The molecule has 0 bridgehead atoms. The van der Waals surface area contributed by atoms with E-state index in [0.29, 0.717) is 39.6 Å². The summed E-state index contributed by atoms with van der Waals surface area (Å²) in [6.07, 6.45) is -1.25. The maximum Gasteiger partial charge on any atom is 0.205 e. The molecule has 0 spiro atoms. The van der Waals surface area contributed by atoms with Crippen LogP contribution >= 0.6 is 0 Å². The molecule has 29 heavy (non-hydrogen) atoms. The van der Waals surface area contributed by atoms with Crippen molar-refractivity contribution in [3.63, 3.8) is 0 Å². The summed E-state index contributed by atoms with van der Waals surface area (Å²) in [6.45, 7) is 6.06. The Morgan fingerprint density at radius 1 is 0.759 bits per heavy atom. The zero-order chi connectivity index (χ0) is 20.5. The van der Waals surface area contributed by atoms with Crippen molar-refractivity contribution < 1.29 is 23.3 Å². The molecule has 4 nitrogen and oxygen atoms in total. The summed E-state index contributed by atoms with van der Waals surface area (Å²) < 4.78 is 38.6. The molecule has 0 radical (unpaired) electrons. The van der Waals surface area contributed by atoms with E-state index in [1.54, 1.807) is 0 Å². The Labute approximate surface area is 172 Å². The molecule has 1 aliphatic carbocycles. The largest absolute Gasteiger partial charge is 0.376 e. The van der Waals surface area contributed by atoms with Crippen molar-refractivity contribution in [1.82, 2.24) is 0 Å². The van der Waals surface area contributed by atoms with Crippen LogP contribution in [0.2, 0.25) is 0 Å². The van der Waals surface area contributed by atoms with Crippen molar-refractivity contribution in [3.05, 3.63) is 71.8 Å². The van der Waals surface area contributed by atoms with Crippen molar-refractivity contribution in [1.29, 1.82) is 0 Å². The van der Waals surface area contributed by atoms with Crippen LogP contribution in [0, 0.1) is 11.8 Å². The first-order valence-electron chi connectivity index (χ1n) is 10.4. The highest BCUT2D eigenvalue weighted by Gasteiger charge is 2.65. The van der Waals surface area contributed by atoms with Crippen LogP contribution < -0.4 is 0 Å². The molecule has 3 atom stereocenters. The minimum absolute atomic E-state index is 0.225. The van der Waals surface area contributed by atoms with Gasteiger partial charge in [0.05, 0.1) is 26.4 Å². The van der Waals surface area contributed by atoms with Crippen molar-refractivity contribution in [2.45, 2.75) is 39.0 Å². The quantitative estimate of drug-likeness (QED) is 0.479. The smallest absolute Gasteiger partial charge is 0.205 e. The lowest BCUT2D eigenvalue weighted by molar-refractivity contribution is -0.376. The predicted molar refractivity (Wildman–Crippen MR) is 110 cm³/mol. The summed E-state index contributed by atoms with van der Waals surface area (Å²) in [4.78, 5) is 0. The lowest BCUT2D eigenvalue weighted by atomic mass is 9.66. The number of hydrogen-bond donors (Lipinski definition) is 0. The van der Waals surface area contributed by atoms with Gasteiger partial charge in [0.1, 0.15) is 0 Å². The molecule has 0 aliphatic heterocycles. The van der Waals surface area contributed by atoms with Gasteiger partial charge in [-0.05, 0) is 25.0 Å². The fourth-order valence-electron chi connectivity index (χ4n) is 3.96. The number of ether oxygens (including phenoxy) is 4. The summed E-state index contributed by atoms with van der Waals surface area (Å²) in [5.74, 6) is -1.80. The van der Waals surface area contributed by atoms with Gasteiger partial charge in [0.2, 0.25) is 5.79 Å². The van der Waals surface area contributed by atoms with Gasteiger partial charge in [-0.2, -0.15) is 0 Å². The highest BCUT2D eigenvalue weighted by molar-refractivity contribution is 5.14. The highest BCUT2D eigenvalue weighted by Crippen LogP contribution is 2.50. The zero-order valence-corrected chi connectivity index (χ0v) is 17.3. The Bertz CT molecular complexity index is 703. The molecule has 5 heteroatoms. The van der Waals surface area contributed by atoms with E-state index >= 15 is 4.39 Å². The number of benzene rings is 2. The fraction of sp³-hybridized carbons (Fsp3) is 0.500. The minimum Gasteiger partial charge on any atom is -0.376 e. The van der Waals surface area contributed by atoms with E-state index in [1.807, 2.05) is 74.5 Å². The summed E-state index contributed by atoms with van der Waals surface area (Å²) in [5, 5.41) is 0. The van der Waals surface area contributed by atoms with E-state index in [9.17, 15) is 0 Å². The molecule has 158 valence electrons. The molecule has 0 aromatic heterocycles. The van der Waals surface area contributed by atoms with E-state index < -0.39 is 12.0 Å². The van der Waals surface area contributed by atoms with Crippen LogP contribution in [0.1, 0.15) is 25.0 Å². The molecule has 2 aromatic carbocycles. The number of rotatable bonds is 12. The van der Waals surface area contributed by atoms with Crippen molar-refractivity contribution >= 4 is 0 Å². The Morgan fingerprint density at radius 2 is 1.24 bits per heavy atom. The zero-order valence-electron chi connectivity index (χ0n) is 17.3. The number of hydrogen-bond acceptors (Lipinski definition) is 4. The van der Waals surface area contributed by atoms with Crippen LogP contribution in [-0.4, -0.2) is 38.4 Å². The molecular formula is C24H31FO4. The molecule has 1 saturated carbocycles. The molecule has 0 saturated heterocycles. The second-order valence-electron chi connectivity index (χ2n) is 7.26. The predicted octanol–water partition coefficient (Wildman–Crippen LogP) is 4.77. The monoisotopic (exact) mass is 402 g/mol. The molecule has 1 aliphatic rings. The maximum atomic E-state index is 15.2. The minimum atomic E-state index is -1.25. The topological polar surface area (TPSA) is 36.9 Å². The average Bonchev–Trinajstić information content (AvgIpc) is 2.76. The average molecular weight is 403 g/mol.